The summed E-state index contributed by atoms with van der Waals surface area (Å²) >= 11 is 4.24. The largest absolute Gasteiger partial charge is 1.00 e. The molecule has 0 aliphatic rings. The minimum absolute atomic E-state index is 0. The van der Waals surface area contributed by atoms with Gasteiger partial charge in [0.2, 0.25) is 0 Å². The van der Waals surface area contributed by atoms with Crippen molar-refractivity contribution in [1.29, 1.82) is 0 Å². The molecule has 0 saturated carbocycles. The van der Waals surface area contributed by atoms with Crippen LogP contribution >= 0.6 is 12.6 Å². The van der Waals surface area contributed by atoms with Gasteiger partial charge in [-0.15, -0.1) is 0 Å². The average molecular weight is 310 g/mol. The maximum atomic E-state index is 4.24. The van der Waals surface area contributed by atoms with Gasteiger partial charge in [0.15, 0.2) is 0 Å². The van der Waals surface area contributed by atoms with E-state index in [4.69, 9.17) is 0 Å². The minimum Gasteiger partial charge on any atom is -1.00 e. The van der Waals surface area contributed by atoms with Crippen molar-refractivity contribution in [3.63, 3.8) is 0 Å². The molecule has 0 heterocycles. The van der Waals surface area contributed by atoms with Crippen LogP contribution in [0.1, 0.15) is 72.1 Å². The van der Waals surface area contributed by atoms with E-state index in [1.807, 2.05) is 0 Å². The second-order valence-electron chi connectivity index (χ2n) is 5.57. The number of hydrogen-bond donors (Lipinski definition) is 1. The summed E-state index contributed by atoms with van der Waals surface area (Å²) in [6.45, 7) is 12.3. The molecule has 0 unspecified atom stereocenters. The first-order valence-corrected chi connectivity index (χ1v) is 8.83. The van der Waals surface area contributed by atoms with Crippen LogP contribution in [0.4, 0.5) is 0 Å². The molecule has 0 bridgehead atoms. The third kappa shape index (κ3) is 11.0. The molecular formula is C16H36ClNS. The first-order valence-electron chi connectivity index (χ1n) is 8.20. The lowest BCUT2D eigenvalue weighted by Crippen LogP contribution is -3.00. The molecule has 0 aromatic heterocycles. The highest BCUT2D eigenvalue weighted by molar-refractivity contribution is 7.80. The van der Waals surface area contributed by atoms with Crippen LogP contribution in [0, 0.1) is 0 Å². The van der Waals surface area contributed by atoms with Gasteiger partial charge < -0.3 is 16.9 Å². The molecular weight excluding hydrogens is 274 g/mol. The van der Waals surface area contributed by atoms with Crippen LogP contribution < -0.4 is 12.4 Å². The Bertz CT molecular complexity index is 164. The van der Waals surface area contributed by atoms with Gasteiger partial charge in [0.25, 0.3) is 0 Å². The summed E-state index contributed by atoms with van der Waals surface area (Å²) in [5.41, 5.74) is 0. The van der Waals surface area contributed by atoms with Crippen molar-refractivity contribution in [1.82, 2.24) is 0 Å². The van der Waals surface area contributed by atoms with Crippen molar-refractivity contribution in [2.24, 2.45) is 0 Å². The molecule has 0 aromatic carbocycles. The molecule has 0 N–H and O–H groups in total. The van der Waals surface area contributed by atoms with E-state index >= 15 is 0 Å². The van der Waals surface area contributed by atoms with Crippen LogP contribution in [0.15, 0.2) is 0 Å². The van der Waals surface area contributed by atoms with Gasteiger partial charge in [0.1, 0.15) is 0 Å². The second kappa shape index (κ2) is 15.0. The fraction of sp³-hybridized carbons (Fsp3) is 1.00. The Morgan fingerprint density at radius 1 is 0.632 bits per heavy atom. The lowest BCUT2D eigenvalue weighted by molar-refractivity contribution is -0.923. The van der Waals surface area contributed by atoms with Gasteiger partial charge in [-0.2, -0.15) is 12.6 Å². The van der Waals surface area contributed by atoms with Crippen LogP contribution in [0.25, 0.3) is 0 Å². The number of nitrogens with zero attached hydrogens (tertiary/aromatic N) is 1. The number of hydrogen-bond acceptors (Lipinski definition) is 1. The minimum atomic E-state index is 0. The highest BCUT2D eigenvalue weighted by Gasteiger charge is 2.19. The van der Waals surface area contributed by atoms with Crippen LogP contribution in [0.3, 0.4) is 0 Å². The summed E-state index contributed by atoms with van der Waals surface area (Å²) in [5, 5.41) is 0. The standard InChI is InChI=1S/C16H35NS.ClH/c1-4-17(5-2,6-3)15-13-11-9-7-8-10-12-14-16-18;/h4-16H2,1-3H3;1H. The predicted molar refractivity (Wildman–Crippen MR) is 87.5 cm³/mol. The van der Waals surface area contributed by atoms with Gasteiger partial charge in [-0.3, -0.25) is 0 Å². The van der Waals surface area contributed by atoms with Crippen LogP contribution in [0.2, 0.25) is 0 Å². The highest BCUT2D eigenvalue weighted by Crippen LogP contribution is 2.12. The third-order valence-electron chi connectivity index (χ3n) is 4.55. The lowest BCUT2D eigenvalue weighted by atomic mass is 10.1. The summed E-state index contributed by atoms with van der Waals surface area (Å²) in [6.07, 6.45) is 11.3. The molecule has 0 saturated heterocycles. The van der Waals surface area contributed by atoms with Crippen molar-refractivity contribution in [3.8, 4) is 0 Å². The molecule has 118 valence electrons. The SMILES string of the molecule is CC[N+](CC)(CC)CCCCCCCCCCS.[Cl-]. The van der Waals surface area contributed by atoms with E-state index in [2.05, 4.69) is 33.4 Å². The molecule has 0 rings (SSSR count). The zero-order chi connectivity index (χ0) is 13.7. The van der Waals surface area contributed by atoms with E-state index in [0.29, 0.717) is 0 Å². The molecule has 0 atom stereocenters. The highest BCUT2D eigenvalue weighted by atomic mass is 35.5. The molecule has 0 amide bonds. The lowest BCUT2D eigenvalue weighted by Gasteiger charge is -2.35. The first-order chi connectivity index (χ1) is 8.74. The molecule has 0 aliphatic carbocycles. The summed E-state index contributed by atoms with van der Waals surface area (Å²) < 4.78 is 1.32. The van der Waals surface area contributed by atoms with Crippen LogP contribution in [-0.4, -0.2) is 36.4 Å². The molecule has 0 spiro atoms. The molecule has 0 radical (unpaired) electrons. The molecule has 1 nitrogen and oxygen atoms in total. The Morgan fingerprint density at radius 2 is 1.00 bits per heavy atom. The Labute approximate surface area is 133 Å². The third-order valence-corrected chi connectivity index (χ3v) is 4.87. The van der Waals surface area contributed by atoms with Gasteiger partial charge in [-0.1, -0.05) is 32.1 Å². The Balaban J connectivity index is 0. The molecule has 19 heavy (non-hydrogen) atoms. The van der Waals surface area contributed by atoms with E-state index in [-0.39, 0.29) is 12.4 Å². The Kier molecular flexibility index (Phi) is 17.3. The number of thiol groups is 1. The zero-order valence-electron chi connectivity index (χ0n) is 13.5. The Morgan fingerprint density at radius 3 is 1.37 bits per heavy atom. The number of quaternary nitrogens is 1. The van der Waals surface area contributed by atoms with E-state index < -0.39 is 0 Å². The van der Waals surface area contributed by atoms with Crippen molar-refractivity contribution >= 4 is 12.6 Å². The van der Waals surface area contributed by atoms with Crippen molar-refractivity contribution in [2.45, 2.75) is 72.1 Å². The van der Waals surface area contributed by atoms with Gasteiger partial charge >= 0.3 is 0 Å². The van der Waals surface area contributed by atoms with E-state index in [9.17, 15) is 0 Å². The normalized spacial score (nSPS) is 11.4. The van der Waals surface area contributed by atoms with Gasteiger partial charge in [0, 0.05) is 0 Å². The maximum Gasteiger partial charge on any atom is 0.0786 e. The summed E-state index contributed by atoms with van der Waals surface area (Å²) in [7, 11) is 0. The molecule has 0 aliphatic heterocycles. The van der Waals surface area contributed by atoms with E-state index in [0.717, 1.165) is 5.75 Å². The Hall–Kier alpha value is 0.600. The molecule has 3 heteroatoms. The zero-order valence-corrected chi connectivity index (χ0v) is 15.1. The summed E-state index contributed by atoms with van der Waals surface area (Å²) in [6, 6.07) is 0. The topological polar surface area (TPSA) is 0 Å². The van der Waals surface area contributed by atoms with Gasteiger partial charge in [-0.25, -0.2) is 0 Å². The van der Waals surface area contributed by atoms with Crippen molar-refractivity contribution in [2.75, 3.05) is 31.9 Å². The fourth-order valence-corrected chi connectivity index (χ4v) is 2.99. The molecule has 0 fully saturated rings. The van der Waals surface area contributed by atoms with Crippen LogP contribution in [0.5, 0.6) is 0 Å². The number of unbranched alkanes of at least 4 members (excludes halogenated alkanes) is 7. The van der Waals surface area contributed by atoms with Crippen molar-refractivity contribution < 1.29 is 16.9 Å². The maximum absolute atomic E-state index is 4.24. The first kappa shape index (κ1) is 21.9. The number of rotatable bonds is 13. The monoisotopic (exact) mass is 309 g/mol. The smallest absolute Gasteiger partial charge is 0.0786 e. The van der Waals surface area contributed by atoms with Gasteiger partial charge in [-0.05, 0) is 45.8 Å². The van der Waals surface area contributed by atoms with E-state index in [1.54, 1.807) is 0 Å². The second-order valence-corrected chi connectivity index (χ2v) is 6.01. The summed E-state index contributed by atoms with van der Waals surface area (Å²) in [4.78, 5) is 0. The fourth-order valence-electron chi connectivity index (χ4n) is 2.76. The van der Waals surface area contributed by atoms with Crippen LogP contribution in [-0.2, 0) is 0 Å². The molecule has 0 aromatic rings. The van der Waals surface area contributed by atoms with Crippen molar-refractivity contribution in [3.05, 3.63) is 0 Å². The average Bonchev–Trinajstić information content (AvgIpc) is 2.42. The number of halogens is 1. The summed E-state index contributed by atoms with van der Waals surface area (Å²) in [5.74, 6) is 1.06. The quantitative estimate of drug-likeness (QED) is 0.300. The van der Waals surface area contributed by atoms with E-state index in [1.165, 1.54) is 82.0 Å². The predicted octanol–water partition coefficient (Wildman–Crippen LogP) is 1.92. The van der Waals surface area contributed by atoms with Gasteiger partial charge in [0.05, 0.1) is 26.2 Å².